The van der Waals surface area contributed by atoms with E-state index in [1.54, 1.807) is 26.1 Å². The molecule has 1 fully saturated rings. The minimum atomic E-state index is -0.266. The molecule has 1 aromatic carbocycles. The van der Waals surface area contributed by atoms with Crippen LogP contribution < -0.4 is 5.32 Å². The highest BCUT2D eigenvalue weighted by molar-refractivity contribution is 5.93. The SMILES string of the molecule is CCOC(=O)C1CCN(C(=O)[C@H](C)N(C)Cc2ccc(C(=O)NC)cc2)CC1. The summed E-state index contributed by atoms with van der Waals surface area (Å²) in [5.41, 5.74) is 1.65. The lowest BCUT2D eigenvalue weighted by molar-refractivity contribution is -0.151. The molecular formula is C21H31N3O4. The van der Waals surface area contributed by atoms with Gasteiger partial charge in [-0.15, -0.1) is 0 Å². The van der Waals surface area contributed by atoms with Crippen LogP contribution in [0.15, 0.2) is 24.3 Å². The molecule has 1 N–H and O–H groups in total. The van der Waals surface area contributed by atoms with E-state index >= 15 is 0 Å². The molecule has 28 heavy (non-hydrogen) atoms. The standard InChI is InChI=1S/C21H31N3O4/c1-5-28-21(27)18-10-12-24(13-11-18)20(26)15(2)23(4)14-16-6-8-17(9-7-16)19(25)22-3/h6-9,15,18H,5,10-14H2,1-4H3,(H,22,25)/t15-/m0/s1. The summed E-state index contributed by atoms with van der Waals surface area (Å²) in [4.78, 5) is 40.1. The number of piperidine rings is 1. The number of benzene rings is 1. The van der Waals surface area contributed by atoms with Crippen LogP contribution >= 0.6 is 0 Å². The number of esters is 1. The Morgan fingerprint density at radius 2 is 1.82 bits per heavy atom. The van der Waals surface area contributed by atoms with Crippen LogP contribution in [-0.4, -0.2) is 67.4 Å². The molecule has 0 radical (unpaired) electrons. The smallest absolute Gasteiger partial charge is 0.309 e. The summed E-state index contributed by atoms with van der Waals surface area (Å²) in [6.07, 6.45) is 1.31. The van der Waals surface area contributed by atoms with Gasteiger partial charge in [0.05, 0.1) is 18.6 Å². The Labute approximate surface area is 167 Å². The first-order valence-corrected chi connectivity index (χ1v) is 9.84. The Kier molecular flexibility index (Phi) is 7.99. The maximum absolute atomic E-state index is 12.8. The van der Waals surface area contributed by atoms with Gasteiger partial charge in [-0.3, -0.25) is 19.3 Å². The van der Waals surface area contributed by atoms with Gasteiger partial charge in [0, 0.05) is 32.2 Å². The van der Waals surface area contributed by atoms with E-state index in [2.05, 4.69) is 5.32 Å². The molecule has 1 heterocycles. The van der Waals surface area contributed by atoms with Crippen LogP contribution in [-0.2, 0) is 20.9 Å². The summed E-state index contributed by atoms with van der Waals surface area (Å²) in [5, 5.41) is 2.60. The van der Waals surface area contributed by atoms with Gasteiger partial charge in [0.15, 0.2) is 0 Å². The molecule has 0 aromatic heterocycles. The number of likely N-dealkylation sites (tertiary alicyclic amines) is 1. The Bertz CT molecular complexity index is 681. The molecule has 7 heteroatoms. The van der Waals surface area contributed by atoms with Crippen LogP contribution in [0, 0.1) is 5.92 Å². The molecule has 0 aliphatic carbocycles. The molecule has 0 spiro atoms. The molecule has 1 aliphatic heterocycles. The first kappa shape index (κ1) is 21.9. The second-order valence-electron chi connectivity index (χ2n) is 7.22. The van der Waals surface area contributed by atoms with Gasteiger partial charge in [-0.2, -0.15) is 0 Å². The molecule has 1 atom stereocenters. The lowest BCUT2D eigenvalue weighted by Gasteiger charge is -2.35. The molecule has 1 saturated heterocycles. The van der Waals surface area contributed by atoms with Crippen molar-refractivity contribution in [3.05, 3.63) is 35.4 Å². The van der Waals surface area contributed by atoms with Crippen LogP contribution in [0.4, 0.5) is 0 Å². The van der Waals surface area contributed by atoms with E-state index < -0.39 is 0 Å². The van der Waals surface area contributed by atoms with Crippen molar-refractivity contribution < 1.29 is 19.1 Å². The van der Waals surface area contributed by atoms with E-state index in [1.165, 1.54) is 0 Å². The highest BCUT2D eigenvalue weighted by Crippen LogP contribution is 2.20. The quantitative estimate of drug-likeness (QED) is 0.718. The minimum Gasteiger partial charge on any atom is -0.466 e. The number of carbonyl (C=O) groups is 3. The van der Waals surface area contributed by atoms with Crippen molar-refractivity contribution in [2.45, 2.75) is 39.3 Å². The van der Waals surface area contributed by atoms with Gasteiger partial charge in [0.2, 0.25) is 5.91 Å². The van der Waals surface area contributed by atoms with Crippen LogP contribution in [0.5, 0.6) is 0 Å². The third-order valence-corrected chi connectivity index (χ3v) is 5.32. The lowest BCUT2D eigenvalue weighted by atomic mass is 9.96. The number of nitrogens with one attached hydrogen (secondary N) is 1. The topological polar surface area (TPSA) is 79.0 Å². The molecule has 1 aliphatic rings. The number of carbonyl (C=O) groups excluding carboxylic acids is 3. The van der Waals surface area contributed by atoms with Crippen molar-refractivity contribution >= 4 is 17.8 Å². The number of nitrogens with zero attached hydrogens (tertiary/aromatic N) is 2. The summed E-state index contributed by atoms with van der Waals surface area (Å²) < 4.78 is 5.08. The van der Waals surface area contributed by atoms with Crippen molar-refractivity contribution in [1.29, 1.82) is 0 Å². The van der Waals surface area contributed by atoms with Crippen LogP contribution in [0.1, 0.15) is 42.6 Å². The number of likely N-dealkylation sites (N-methyl/N-ethyl adjacent to an activating group) is 1. The zero-order valence-electron chi connectivity index (χ0n) is 17.2. The summed E-state index contributed by atoms with van der Waals surface area (Å²) in [6, 6.07) is 7.12. The normalized spacial score (nSPS) is 16.0. The van der Waals surface area contributed by atoms with Gasteiger partial charge >= 0.3 is 5.97 Å². The van der Waals surface area contributed by atoms with E-state index in [4.69, 9.17) is 4.74 Å². The third-order valence-electron chi connectivity index (χ3n) is 5.32. The van der Waals surface area contributed by atoms with Crippen LogP contribution in [0.25, 0.3) is 0 Å². The average molecular weight is 389 g/mol. The maximum atomic E-state index is 12.8. The van der Waals surface area contributed by atoms with Gasteiger partial charge in [0.1, 0.15) is 0 Å². The van der Waals surface area contributed by atoms with Gasteiger partial charge < -0.3 is 15.0 Å². The monoisotopic (exact) mass is 389 g/mol. The highest BCUT2D eigenvalue weighted by Gasteiger charge is 2.31. The number of hydrogen-bond donors (Lipinski definition) is 1. The van der Waals surface area contributed by atoms with Gasteiger partial charge in [0.25, 0.3) is 5.91 Å². The highest BCUT2D eigenvalue weighted by atomic mass is 16.5. The van der Waals surface area contributed by atoms with Crippen LogP contribution in [0.3, 0.4) is 0 Å². The third kappa shape index (κ3) is 5.55. The Morgan fingerprint density at radius 1 is 1.21 bits per heavy atom. The Morgan fingerprint density at radius 3 is 2.36 bits per heavy atom. The van der Waals surface area contributed by atoms with Crippen molar-refractivity contribution in [3.8, 4) is 0 Å². The number of amides is 2. The molecule has 0 unspecified atom stereocenters. The van der Waals surface area contributed by atoms with Gasteiger partial charge in [-0.1, -0.05) is 12.1 Å². The Balaban J connectivity index is 1.87. The fourth-order valence-corrected chi connectivity index (χ4v) is 3.38. The largest absolute Gasteiger partial charge is 0.466 e. The second-order valence-corrected chi connectivity index (χ2v) is 7.22. The van der Waals surface area contributed by atoms with Crippen molar-refractivity contribution in [2.24, 2.45) is 5.92 Å². The van der Waals surface area contributed by atoms with E-state index in [9.17, 15) is 14.4 Å². The van der Waals surface area contributed by atoms with Gasteiger partial charge in [-0.25, -0.2) is 0 Å². The summed E-state index contributed by atoms with van der Waals surface area (Å²) in [6.45, 7) is 5.88. The fourth-order valence-electron chi connectivity index (χ4n) is 3.38. The summed E-state index contributed by atoms with van der Waals surface area (Å²) in [5.74, 6) is -0.294. The average Bonchev–Trinajstić information content (AvgIpc) is 2.72. The zero-order chi connectivity index (χ0) is 20.7. The number of hydrogen-bond acceptors (Lipinski definition) is 5. The van der Waals surface area contributed by atoms with E-state index in [0.29, 0.717) is 44.6 Å². The lowest BCUT2D eigenvalue weighted by Crippen LogP contribution is -2.49. The van der Waals surface area contributed by atoms with E-state index in [-0.39, 0.29) is 29.7 Å². The van der Waals surface area contributed by atoms with Crippen molar-refractivity contribution in [1.82, 2.24) is 15.1 Å². The molecule has 0 bridgehead atoms. The predicted molar refractivity (Wildman–Crippen MR) is 107 cm³/mol. The summed E-state index contributed by atoms with van der Waals surface area (Å²) in [7, 11) is 3.52. The predicted octanol–water partition coefficient (Wildman–Crippen LogP) is 1.67. The molecule has 7 nitrogen and oxygen atoms in total. The maximum Gasteiger partial charge on any atom is 0.309 e. The molecule has 1 aromatic rings. The Hall–Kier alpha value is -2.41. The molecule has 2 amide bonds. The fraction of sp³-hybridized carbons (Fsp3) is 0.571. The molecule has 154 valence electrons. The van der Waals surface area contributed by atoms with E-state index in [0.717, 1.165) is 5.56 Å². The van der Waals surface area contributed by atoms with Gasteiger partial charge in [-0.05, 0) is 51.4 Å². The summed E-state index contributed by atoms with van der Waals surface area (Å²) >= 11 is 0. The first-order valence-electron chi connectivity index (χ1n) is 9.84. The van der Waals surface area contributed by atoms with E-state index in [1.807, 2.05) is 35.9 Å². The zero-order valence-corrected chi connectivity index (χ0v) is 17.2. The number of ether oxygens (including phenoxy) is 1. The van der Waals surface area contributed by atoms with Crippen molar-refractivity contribution in [2.75, 3.05) is 33.8 Å². The molecule has 2 rings (SSSR count). The molecular weight excluding hydrogens is 358 g/mol. The van der Waals surface area contributed by atoms with Crippen molar-refractivity contribution in [3.63, 3.8) is 0 Å². The minimum absolute atomic E-state index is 0.0757. The molecule has 0 saturated carbocycles. The first-order chi connectivity index (χ1) is 13.4. The van der Waals surface area contributed by atoms with Crippen LogP contribution in [0.2, 0.25) is 0 Å². The second kappa shape index (κ2) is 10.2. The number of rotatable bonds is 7.